The van der Waals surface area contributed by atoms with Crippen molar-refractivity contribution in [1.82, 2.24) is 9.80 Å². The fourth-order valence-corrected chi connectivity index (χ4v) is 4.17. The lowest BCUT2D eigenvalue weighted by atomic mass is 9.99. The first-order valence-electron chi connectivity index (χ1n) is 9.29. The topological polar surface area (TPSA) is 32.8 Å². The van der Waals surface area contributed by atoms with Crippen molar-refractivity contribution in [3.63, 3.8) is 0 Å². The number of hydrogen-bond acceptors (Lipinski definition) is 3. The highest BCUT2D eigenvalue weighted by Gasteiger charge is 2.47. The van der Waals surface area contributed by atoms with E-state index in [-0.39, 0.29) is 12.1 Å². The molecule has 2 fully saturated rings. The van der Waals surface area contributed by atoms with E-state index in [4.69, 9.17) is 4.74 Å². The number of likely N-dealkylation sites (tertiary alicyclic amines) is 1. The molecule has 1 unspecified atom stereocenters. The van der Waals surface area contributed by atoms with Crippen molar-refractivity contribution in [3.05, 3.63) is 48.6 Å². The summed E-state index contributed by atoms with van der Waals surface area (Å²) in [5, 5.41) is 0. The average Bonchev–Trinajstić information content (AvgIpc) is 2.82. The Bertz CT molecular complexity index is 608. The number of nitrogens with zero attached hydrogens (tertiary/aromatic N) is 2. The maximum atomic E-state index is 12.7. The summed E-state index contributed by atoms with van der Waals surface area (Å²) >= 11 is 0. The zero-order valence-corrected chi connectivity index (χ0v) is 15.6. The van der Waals surface area contributed by atoms with Crippen LogP contribution in [0.1, 0.15) is 45.6 Å². The molecule has 0 aliphatic carbocycles. The van der Waals surface area contributed by atoms with Crippen LogP contribution in [0.2, 0.25) is 0 Å². The minimum atomic E-state index is -0.462. The number of amides is 1. The summed E-state index contributed by atoms with van der Waals surface area (Å²) in [5.41, 5.74) is 0.873. The van der Waals surface area contributed by atoms with Gasteiger partial charge in [0.15, 0.2) is 0 Å². The van der Waals surface area contributed by atoms with Crippen molar-refractivity contribution in [1.29, 1.82) is 0 Å². The van der Waals surface area contributed by atoms with Gasteiger partial charge in [0, 0.05) is 25.2 Å². The second kappa shape index (κ2) is 7.20. The SMILES string of the molecule is C=CCC1[C@H]2CC[C@@H](CN1C(=O)OC(C)(C)C)N2Cc1ccccc1. The van der Waals surface area contributed by atoms with Gasteiger partial charge in [0.05, 0.1) is 6.04 Å². The van der Waals surface area contributed by atoms with E-state index in [2.05, 4.69) is 41.8 Å². The maximum absolute atomic E-state index is 12.7. The number of hydrogen-bond donors (Lipinski definition) is 0. The standard InChI is InChI=1S/C21H30N2O2/c1-5-9-18-19-13-12-17(15-23(18)20(24)25-21(2,3)4)22(19)14-16-10-7-6-8-11-16/h5-8,10-11,17-19H,1,9,12-15H2,2-4H3/t17-,18?,19+/m0/s1. The Balaban J connectivity index is 1.78. The summed E-state index contributed by atoms with van der Waals surface area (Å²) in [4.78, 5) is 17.3. The highest BCUT2D eigenvalue weighted by molar-refractivity contribution is 5.69. The maximum Gasteiger partial charge on any atom is 0.410 e. The van der Waals surface area contributed by atoms with Gasteiger partial charge in [-0.3, -0.25) is 4.90 Å². The predicted octanol–water partition coefficient (Wildman–Crippen LogP) is 4.22. The van der Waals surface area contributed by atoms with Gasteiger partial charge < -0.3 is 9.64 Å². The van der Waals surface area contributed by atoms with E-state index in [9.17, 15) is 4.79 Å². The summed E-state index contributed by atoms with van der Waals surface area (Å²) < 4.78 is 5.67. The molecule has 0 aromatic heterocycles. The molecule has 2 saturated heterocycles. The molecule has 4 nitrogen and oxygen atoms in total. The second-order valence-electron chi connectivity index (χ2n) is 8.18. The van der Waals surface area contributed by atoms with Crippen molar-refractivity contribution in [2.75, 3.05) is 6.54 Å². The van der Waals surface area contributed by atoms with Crippen LogP contribution in [0.15, 0.2) is 43.0 Å². The lowest BCUT2D eigenvalue weighted by Crippen LogP contribution is -2.61. The quantitative estimate of drug-likeness (QED) is 0.768. The van der Waals surface area contributed by atoms with Gasteiger partial charge in [0.1, 0.15) is 5.60 Å². The zero-order chi connectivity index (χ0) is 18.0. The Hall–Kier alpha value is -1.81. The smallest absolute Gasteiger partial charge is 0.410 e. The summed E-state index contributed by atoms with van der Waals surface area (Å²) in [5.74, 6) is 0. The molecule has 1 aromatic carbocycles. The van der Waals surface area contributed by atoms with Crippen LogP contribution in [0.25, 0.3) is 0 Å². The number of rotatable bonds is 4. The first-order chi connectivity index (χ1) is 11.9. The van der Waals surface area contributed by atoms with Crippen molar-refractivity contribution in [3.8, 4) is 0 Å². The molecule has 2 aliphatic heterocycles. The fourth-order valence-electron chi connectivity index (χ4n) is 4.17. The van der Waals surface area contributed by atoms with Crippen LogP contribution >= 0.6 is 0 Å². The average molecular weight is 342 g/mol. The van der Waals surface area contributed by atoms with E-state index in [0.29, 0.717) is 12.1 Å². The molecule has 0 radical (unpaired) electrons. The molecule has 0 N–H and O–H groups in total. The molecule has 3 rings (SSSR count). The minimum absolute atomic E-state index is 0.148. The number of carbonyl (C=O) groups is 1. The summed E-state index contributed by atoms with van der Waals surface area (Å²) in [6.45, 7) is 11.4. The number of carbonyl (C=O) groups excluding carboxylic acids is 1. The lowest BCUT2D eigenvalue weighted by molar-refractivity contribution is -0.0232. The first kappa shape index (κ1) is 18.0. The van der Waals surface area contributed by atoms with Crippen molar-refractivity contribution >= 4 is 6.09 Å². The van der Waals surface area contributed by atoms with Crippen molar-refractivity contribution in [2.24, 2.45) is 0 Å². The molecule has 3 atom stereocenters. The molecule has 25 heavy (non-hydrogen) atoms. The Morgan fingerprint density at radius 2 is 2.00 bits per heavy atom. The normalized spacial score (nSPS) is 26.5. The van der Waals surface area contributed by atoms with E-state index in [0.717, 1.165) is 32.4 Å². The highest BCUT2D eigenvalue weighted by atomic mass is 16.6. The number of piperazine rings is 1. The van der Waals surface area contributed by atoms with Gasteiger partial charge in [0.25, 0.3) is 0 Å². The van der Waals surface area contributed by atoms with Gasteiger partial charge in [-0.1, -0.05) is 36.4 Å². The Morgan fingerprint density at radius 1 is 1.28 bits per heavy atom. The van der Waals surface area contributed by atoms with Crippen LogP contribution in [0.5, 0.6) is 0 Å². The Morgan fingerprint density at radius 3 is 2.64 bits per heavy atom. The Kier molecular flexibility index (Phi) is 5.19. The molecule has 2 aliphatic rings. The fraction of sp³-hybridized carbons (Fsp3) is 0.571. The Labute approximate surface area is 151 Å². The largest absolute Gasteiger partial charge is 0.444 e. The summed E-state index contributed by atoms with van der Waals surface area (Å²) in [7, 11) is 0. The van der Waals surface area contributed by atoms with Gasteiger partial charge in [-0.25, -0.2) is 4.79 Å². The molecular weight excluding hydrogens is 312 g/mol. The molecule has 0 saturated carbocycles. The van der Waals surface area contributed by atoms with Gasteiger partial charge in [0.2, 0.25) is 0 Å². The molecule has 0 spiro atoms. The number of fused-ring (bicyclic) bond motifs is 2. The van der Waals surface area contributed by atoms with Crippen LogP contribution in [0.3, 0.4) is 0 Å². The third kappa shape index (κ3) is 4.06. The van der Waals surface area contributed by atoms with E-state index < -0.39 is 5.60 Å². The molecule has 2 bridgehead atoms. The number of ether oxygens (including phenoxy) is 1. The van der Waals surface area contributed by atoms with Crippen LogP contribution < -0.4 is 0 Å². The molecule has 2 heterocycles. The molecule has 136 valence electrons. The summed E-state index contributed by atoms with van der Waals surface area (Å²) in [6.07, 6.45) is 4.83. The minimum Gasteiger partial charge on any atom is -0.444 e. The van der Waals surface area contributed by atoms with E-state index >= 15 is 0 Å². The van der Waals surface area contributed by atoms with Crippen LogP contribution in [-0.4, -0.2) is 46.2 Å². The van der Waals surface area contributed by atoms with Crippen molar-refractivity contribution < 1.29 is 9.53 Å². The predicted molar refractivity (Wildman–Crippen MR) is 100 cm³/mol. The van der Waals surface area contributed by atoms with Crippen LogP contribution in [-0.2, 0) is 11.3 Å². The summed E-state index contributed by atoms with van der Waals surface area (Å²) in [6, 6.07) is 11.5. The van der Waals surface area contributed by atoms with E-state index in [1.54, 1.807) is 0 Å². The molecule has 1 amide bonds. The van der Waals surface area contributed by atoms with Crippen LogP contribution in [0, 0.1) is 0 Å². The first-order valence-corrected chi connectivity index (χ1v) is 9.29. The van der Waals surface area contributed by atoms with Gasteiger partial charge in [-0.05, 0) is 45.6 Å². The molecule has 4 heteroatoms. The third-order valence-electron chi connectivity index (χ3n) is 5.19. The molecule has 1 aromatic rings. The highest BCUT2D eigenvalue weighted by Crippen LogP contribution is 2.37. The molecular formula is C21H30N2O2. The second-order valence-corrected chi connectivity index (χ2v) is 8.18. The van der Waals surface area contributed by atoms with E-state index in [1.807, 2.05) is 31.7 Å². The third-order valence-corrected chi connectivity index (χ3v) is 5.19. The van der Waals surface area contributed by atoms with Gasteiger partial charge in [-0.2, -0.15) is 0 Å². The monoisotopic (exact) mass is 342 g/mol. The van der Waals surface area contributed by atoms with Gasteiger partial charge >= 0.3 is 6.09 Å². The number of benzene rings is 1. The lowest BCUT2D eigenvalue weighted by Gasteiger charge is -2.47. The van der Waals surface area contributed by atoms with Crippen molar-refractivity contribution in [2.45, 2.75) is 70.3 Å². The van der Waals surface area contributed by atoms with Crippen LogP contribution in [0.4, 0.5) is 4.79 Å². The van der Waals surface area contributed by atoms with E-state index in [1.165, 1.54) is 5.56 Å². The zero-order valence-electron chi connectivity index (χ0n) is 15.6. The van der Waals surface area contributed by atoms with Gasteiger partial charge in [-0.15, -0.1) is 6.58 Å².